The third kappa shape index (κ3) is 4.35. The number of hydrogen-bond acceptors (Lipinski definition) is 3. The Bertz CT molecular complexity index is 863. The van der Waals surface area contributed by atoms with Gasteiger partial charge in [-0.3, -0.25) is 0 Å². The molecule has 2 aromatic rings. The topological polar surface area (TPSA) is 58.5 Å². The molecule has 0 aromatic heterocycles. The second kappa shape index (κ2) is 6.94. The minimum atomic E-state index is -4.52. The zero-order valence-electron chi connectivity index (χ0n) is 12.3. The largest absolute Gasteiger partial charge is 0.417 e. The van der Waals surface area contributed by atoms with Crippen molar-refractivity contribution in [3.05, 3.63) is 63.6 Å². The molecule has 128 valence electrons. The first-order chi connectivity index (χ1) is 11.1. The summed E-state index contributed by atoms with van der Waals surface area (Å²) in [7, 11) is -3.88. The SMILES string of the molecule is Cc1ccc(S(=O)(=O)N/N=C/c2cccc(C(F)(F)F)c2Br)cc1. The Hall–Kier alpha value is -1.87. The highest BCUT2D eigenvalue weighted by molar-refractivity contribution is 9.10. The number of halogens is 4. The Morgan fingerprint density at radius 1 is 1.12 bits per heavy atom. The summed E-state index contributed by atoms with van der Waals surface area (Å²) in [6.45, 7) is 1.81. The molecule has 0 aliphatic rings. The van der Waals surface area contributed by atoms with Crippen LogP contribution in [0.3, 0.4) is 0 Å². The van der Waals surface area contributed by atoms with Crippen molar-refractivity contribution in [3.63, 3.8) is 0 Å². The monoisotopic (exact) mass is 420 g/mol. The van der Waals surface area contributed by atoms with Crippen molar-refractivity contribution in [1.29, 1.82) is 0 Å². The lowest BCUT2D eigenvalue weighted by atomic mass is 10.1. The van der Waals surface area contributed by atoms with Crippen LogP contribution in [-0.2, 0) is 16.2 Å². The van der Waals surface area contributed by atoms with Gasteiger partial charge in [0.1, 0.15) is 0 Å². The summed E-state index contributed by atoms with van der Waals surface area (Å²) in [5.41, 5.74) is 0.120. The number of sulfonamides is 1. The van der Waals surface area contributed by atoms with Crippen LogP contribution in [0.1, 0.15) is 16.7 Å². The van der Waals surface area contributed by atoms with Gasteiger partial charge in [-0.1, -0.05) is 29.8 Å². The van der Waals surface area contributed by atoms with Gasteiger partial charge in [0.05, 0.1) is 16.7 Å². The van der Waals surface area contributed by atoms with Crippen molar-refractivity contribution in [2.75, 3.05) is 0 Å². The zero-order valence-corrected chi connectivity index (χ0v) is 14.7. The maximum Gasteiger partial charge on any atom is 0.417 e. The smallest absolute Gasteiger partial charge is 0.200 e. The molecule has 0 heterocycles. The maximum absolute atomic E-state index is 12.8. The second-order valence-corrected chi connectivity index (χ2v) is 7.33. The molecule has 0 aliphatic carbocycles. The molecular weight excluding hydrogens is 409 g/mol. The molecule has 0 radical (unpaired) electrons. The van der Waals surface area contributed by atoms with E-state index in [0.717, 1.165) is 17.8 Å². The predicted molar refractivity (Wildman–Crippen MR) is 88.2 cm³/mol. The fourth-order valence-corrected chi connectivity index (χ4v) is 3.19. The van der Waals surface area contributed by atoms with E-state index in [1.54, 1.807) is 12.1 Å². The van der Waals surface area contributed by atoms with E-state index in [1.165, 1.54) is 24.3 Å². The molecule has 2 rings (SSSR count). The zero-order chi connectivity index (χ0) is 18.0. The minimum absolute atomic E-state index is 0.00774. The van der Waals surface area contributed by atoms with E-state index in [4.69, 9.17) is 0 Å². The normalized spacial score (nSPS) is 12.5. The van der Waals surface area contributed by atoms with Gasteiger partial charge >= 0.3 is 6.18 Å². The van der Waals surface area contributed by atoms with Gasteiger partial charge in [-0.25, -0.2) is 4.83 Å². The molecule has 0 atom stereocenters. The molecule has 24 heavy (non-hydrogen) atoms. The fourth-order valence-electron chi connectivity index (χ4n) is 1.80. The number of rotatable bonds is 4. The first-order valence-corrected chi connectivity index (χ1v) is 8.86. The molecule has 0 bridgehead atoms. The summed E-state index contributed by atoms with van der Waals surface area (Å²) in [5.74, 6) is 0. The van der Waals surface area contributed by atoms with Crippen molar-refractivity contribution in [3.8, 4) is 0 Å². The lowest BCUT2D eigenvalue weighted by molar-refractivity contribution is -0.138. The second-order valence-electron chi connectivity index (χ2n) is 4.87. The third-order valence-electron chi connectivity index (χ3n) is 3.04. The first-order valence-electron chi connectivity index (χ1n) is 6.58. The highest BCUT2D eigenvalue weighted by Gasteiger charge is 2.33. The quantitative estimate of drug-likeness (QED) is 0.598. The van der Waals surface area contributed by atoms with Crippen LogP contribution < -0.4 is 4.83 Å². The molecule has 9 heteroatoms. The summed E-state index contributed by atoms with van der Waals surface area (Å²) in [6.07, 6.45) is -3.52. The van der Waals surface area contributed by atoms with Gasteiger partial charge in [0.25, 0.3) is 10.0 Å². The van der Waals surface area contributed by atoms with Crippen LogP contribution in [0.25, 0.3) is 0 Å². The average molecular weight is 421 g/mol. The van der Waals surface area contributed by atoms with Crippen LogP contribution >= 0.6 is 15.9 Å². The molecule has 0 aliphatic heterocycles. The standard InChI is InChI=1S/C15H12BrF3N2O2S/c1-10-5-7-12(8-6-10)24(22,23)21-20-9-11-3-2-4-13(14(11)16)15(17,18)19/h2-9,21H,1H3/b20-9+. The van der Waals surface area contributed by atoms with E-state index in [2.05, 4.69) is 21.0 Å². The Morgan fingerprint density at radius 3 is 2.33 bits per heavy atom. The van der Waals surface area contributed by atoms with E-state index in [9.17, 15) is 21.6 Å². The lowest BCUT2D eigenvalue weighted by Crippen LogP contribution is -2.18. The van der Waals surface area contributed by atoms with Crippen molar-refractivity contribution < 1.29 is 21.6 Å². The maximum atomic E-state index is 12.8. The van der Waals surface area contributed by atoms with E-state index >= 15 is 0 Å². The number of hydrazone groups is 1. The van der Waals surface area contributed by atoms with Crippen LogP contribution in [0.2, 0.25) is 0 Å². The molecule has 4 nitrogen and oxygen atoms in total. The van der Waals surface area contributed by atoms with Gasteiger partial charge in [0, 0.05) is 10.0 Å². The Balaban J connectivity index is 2.22. The molecule has 0 saturated carbocycles. The average Bonchev–Trinajstić information content (AvgIpc) is 2.48. The number of alkyl halides is 3. The highest BCUT2D eigenvalue weighted by Crippen LogP contribution is 2.35. The van der Waals surface area contributed by atoms with Crippen molar-refractivity contribution in [1.82, 2.24) is 4.83 Å². The van der Waals surface area contributed by atoms with Crippen molar-refractivity contribution in [2.45, 2.75) is 18.0 Å². The Labute approximate surface area is 145 Å². The van der Waals surface area contributed by atoms with Crippen molar-refractivity contribution >= 4 is 32.2 Å². The van der Waals surface area contributed by atoms with Crippen LogP contribution in [0, 0.1) is 6.92 Å². The van der Waals surface area contributed by atoms with E-state index in [1.807, 2.05) is 11.8 Å². The summed E-state index contributed by atoms with van der Waals surface area (Å²) >= 11 is 2.86. The van der Waals surface area contributed by atoms with Crippen LogP contribution in [0.5, 0.6) is 0 Å². The predicted octanol–water partition coefficient (Wildman–Crippen LogP) is 4.09. The molecule has 0 amide bonds. The Morgan fingerprint density at radius 2 is 1.75 bits per heavy atom. The van der Waals surface area contributed by atoms with Gasteiger partial charge in [-0.15, -0.1) is 0 Å². The highest BCUT2D eigenvalue weighted by atomic mass is 79.9. The van der Waals surface area contributed by atoms with Gasteiger partial charge < -0.3 is 0 Å². The van der Waals surface area contributed by atoms with Crippen LogP contribution in [0.15, 0.2) is 56.9 Å². The van der Waals surface area contributed by atoms with E-state index in [0.29, 0.717) is 0 Å². The summed E-state index contributed by atoms with van der Waals surface area (Å²) in [5, 5.41) is 3.54. The molecule has 1 N–H and O–H groups in total. The lowest BCUT2D eigenvalue weighted by Gasteiger charge is -2.10. The number of benzene rings is 2. The molecular formula is C15H12BrF3N2O2S. The summed E-state index contributed by atoms with van der Waals surface area (Å²) in [6, 6.07) is 9.58. The third-order valence-corrected chi connectivity index (χ3v) is 5.17. The molecule has 0 fully saturated rings. The van der Waals surface area contributed by atoms with E-state index in [-0.39, 0.29) is 14.9 Å². The van der Waals surface area contributed by atoms with Crippen molar-refractivity contribution in [2.24, 2.45) is 5.10 Å². The molecule has 0 unspecified atom stereocenters. The van der Waals surface area contributed by atoms with Crippen LogP contribution in [-0.4, -0.2) is 14.6 Å². The first kappa shape index (κ1) is 18.5. The van der Waals surface area contributed by atoms with Gasteiger partial charge in [0.2, 0.25) is 0 Å². The van der Waals surface area contributed by atoms with Gasteiger partial charge in [0.15, 0.2) is 0 Å². The molecule has 0 saturated heterocycles. The van der Waals surface area contributed by atoms with Crippen LogP contribution in [0.4, 0.5) is 13.2 Å². The number of hydrogen-bond donors (Lipinski definition) is 1. The molecule has 0 spiro atoms. The van der Waals surface area contributed by atoms with E-state index < -0.39 is 21.8 Å². The van der Waals surface area contributed by atoms with Gasteiger partial charge in [-0.05, 0) is 41.1 Å². The van der Waals surface area contributed by atoms with Gasteiger partial charge in [-0.2, -0.15) is 26.7 Å². The Kier molecular flexibility index (Phi) is 5.34. The summed E-state index contributed by atoms with van der Waals surface area (Å²) in [4.78, 5) is 1.98. The number of nitrogens with one attached hydrogen (secondary N) is 1. The summed E-state index contributed by atoms with van der Waals surface area (Å²) < 4.78 is 62.3. The number of nitrogens with zero attached hydrogens (tertiary/aromatic N) is 1. The minimum Gasteiger partial charge on any atom is -0.200 e. The molecule has 2 aromatic carbocycles. The number of aryl methyl sites for hydroxylation is 1. The fraction of sp³-hybridized carbons (Fsp3) is 0.133.